The van der Waals surface area contributed by atoms with Crippen LogP contribution < -0.4 is 4.74 Å². The first-order valence-corrected chi connectivity index (χ1v) is 9.32. The van der Waals surface area contributed by atoms with Crippen molar-refractivity contribution in [2.24, 2.45) is 0 Å². The molecule has 0 aliphatic heterocycles. The number of nitriles is 1. The van der Waals surface area contributed by atoms with E-state index in [1.54, 1.807) is 7.11 Å². The van der Waals surface area contributed by atoms with Crippen LogP contribution in [-0.2, 0) is 6.42 Å². The topological polar surface area (TPSA) is 50.3 Å². The minimum absolute atomic E-state index is 0.654. The lowest BCUT2D eigenvalue weighted by molar-refractivity contribution is 0.415. The van der Waals surface area contributed by atoms with Gasteiger partial charge in [0.2, 0.25) is 0 Å². The third-order valence-electron chi connectivity index (χ3n) is 5.10. The molecule has 0 aliphatic rings. The fourth-order valence-corrected chi connectivity index (χ4v) is 3.67. The molecule has 2 heterocycles. The maximum absolute atomic E-state index is 9.16. The molecule has 0 fully saturated rings. The van der Waals surface area contributed by atoms with Gasteiger partial charge < -0.3 is 4.74 Å². The molecule has 0 bridgehead atoms. The Bertz CT molecular complexity index is 1180. The summed E-state index contributed by atoms with van der Waals surface area (Å²) in [5.41, 5.74) is 8.24. The smallest absolute Gasteiger partial charge is 0.118 e. The van der Waals surface area contributed by atoms with Gasteiger partial charge in [0.25, 0.3) is 0 Å². The average molecular weight is 367 g/mol. The molecule has 0 atom stereocenters. The van der Waals surface area contributed by atoms with Crippen LogP contribution in [0.2, 0.25) is 0 Å². The minimum atomic E-state index is 0.654. The Morgan fingerprint density at radius 2 is 1.57 bits per heavy atom. The lowest BCUT2D eigenvalue weighted by atomic mass is 9.93. The van der Waals surface area contributed by atoms with Gasteiger partial charge in [0, 0.05) is 16.8 Å². The van der Waals surface area contributed by atoms with E-state index in [1.807, 2.05) is 47.8 Å². The van der Waals surface area contributed by atoms with Gasteiger partial charge in [-0.25, -0.2) is 4.52 Å². The van der Waals surface area contributed by atoms with Crippen molar-refractivity contribution in [2.45, 2.75) is 20.3 Å². The van der Waals surface area contributed by atoms with Crippen LogP contribution in [0.25, 0.3) is 27.8 Å². The zero-order valence-electron chi connectivity index (χ0n) is 16.2. The maximum atomic E-state index is 9.16. The van der Waals surface area contributed by atoms with Crippen molar-refractivity contribution in [3.63, 3.8) is 0 Å². The van der Waals surface area contributed by atoms with Crippen LogP contribution in [0.1, 0.15) is 23.9 Å². The van der Waals surface area contributed by atoms with Gasteiger partial charge in [-0.3, -0.25) is 0 Å². The van der Waals surface area contributed by atoms with Crippen LogP contribution in [-0.4, -0.2) is 16.7 Å². The molecule has 2 aromatic carbocycles. The predicted molar refractivity (Wildman–Crippen MR) is 111 cm³/mol. The summed E-state index contributed by atoms with van der Waals surface area (Å²) in [4.78, 5) is 0. The SMILES string of the molecule is CCc1ccc2c(-c3ccc(C#N)cc3)c(-c3ccc(OC)cc3)c(C)nn12. The highest BCUT2D eigenvalue weighted by atomic mass is 16.5. The summed E-state index contributed by atoms with van der Waals surface area (Å²) in [5, 5.41) is 14.0. The van der Waals surface area contributed by atoms with Crippen LogP contribution in [0, 0.1) is 18.3 Å². The summed E-state index contributed by atoms with van der Waals surface area (Å²) in [6.07, 6.45) is 0.912. The first-order valence-electron chi connectivity index (χ1n) is 9.32. The van der Waals surface area contributed by atoms with E-state index in [1.165, 1.54) is 5.69 Å². The van der Waals surface area contributed by atoms with Gasteiger partial charge in [-0.1, -0.05) is 31.2 Å². The van der Waals surface area contributed by atoms with E-state index in [9.17, 15) is 0 Å². The number of hydrogen-bond donors (Lipinski definition) is 0. The van der Waals surface area contributed by atoms with Gasteiger partial charge in [0.15, 0.2) is 0 Å². The molecule has 0 spiro atoms. The fourth-order valence-electron chi connectivity index (χ4n) is 3.67. The van der Waals surface area contributed by atoms with Crippen LogP contribution in [0.15, 0.2) is 60.7 Å². The zero-order chi connectivity index (χ0) is 19.7. The third-order valence-corrected chi connectivity index (χ3v) is 5.10. The van der Waals surface area contributed by atoms with Crippen LogP contribution in [0.3, 0.4) is 0 Å². The van der Waals surface area contributed by atoms with E-state index in [4.69, 9.17) is 15.1 Å². The standard InChI is InChI=1S/C24H21N3O/c1-4-20-11-14-22-24(19-7-5-17(15-25)6-8-19)23(16(2)26-27(20)22)18-9-12-21(28-3)13-10-18/h5-14H,4H2,1-3H3. The summed E-state index contributed by atoms with van der Waals surface area (Å²) in [6.45, 7) is 4.18. The highest BCUT2D eigenvalue weighted by molar-refractivity contribution is 5.94. The number of aryl methyl sites for hydroxylation is 2. The summed E-state index contributed by atoms with van der Waals surface area (Å²) in [7, 11) is 1.67. The largest absolute Gasteiger partial charge is 0.497 e. The minimum Gasteiger partial charge on any atom is -0.497 e. The number of hydrogen-bond acceptors (Lipinski definition) is 3. The first kappa shape index (κ1) is 17.8. The lowest BCUT2D eigenvalue weighted by Crippen LogP contribution is -2.03. The zero-order valence-corrected chi connectivity index (χ0v) is 16.2. The number of ether oxygens (including phenoxy) is 1. The van der Waals surface area contributed by atoms with Crippen molar-refractivity contribution in [1.82, 2.24) is 9.61 Å². The Morgan fingerprint density at radius 1 is 0.929 bits per heavy atom. The summed E-state index contributed by atoms with van der Waals surface area (Å²) >= 11 is 0. The molecule has 4 heteroatoms. The van der Waals surface area contributed by atoms with E-state index in [-0.39, 0.29) is 0 Å². The lowest BCUT2D eigenvalue weighted by Gasteiger charge is -2.16. The van der Waals surface area contributed by atoms with E-state index in [0.29, 0.717) is 5.56 Å². The molecule has 28 heavy (non-hydrogen) atoms. The van der Waals surface area contributed by atoms with Crippen molar-refractivity contribution in [2.75, 3.05) is 7.11 Å². The van der Waals surface area contributed by atoms with Crippen molar-refractivity contribution in [3.05, 3.63) is 77.6 Å². The first-order chi connectivity index (χ1) is 13.7. The molecule has 0 saturated carbocycles. The predicted octanol–water partition coefficient (Wildman–Crippen LogP) is 5.42. The number of nitrogens with zero attached hydrogens (tertiary/aromatic N) is 3. The molecule has 0 amide bonds. The molecular weight excluding hydrogens is 346 g/mol. The summed E-state index contributed by atoms with van der Waals surface area (Å²) < 4.78 is 7.35. The highest BCUT2D eigenvalue weighted by Crippen LogP contribution is 2.38. The Labute approximate surface area is 164 Å². The van der Waals surface area contributed by atoms with Crippen molar-refractivity contribution >= 4 is 5.52 Å². The Hall–Kier alpha value is -3.58. The molecule has 0 saturated heterocycles. The second-order valence-corrected chi connectivity index (χ2v) is 6.73. The van der Waals surface area contributed by atoms with Gasteiger partial charge in [0.05, 0.1) is 30.0 Å². The van der Waals surface area contributed by atoms with Crippen molar-refractivity contribution in [1.29, 1.82) is 5.26 Å². The molecule has 2 aromatic heterocycles. The molecule has 0 unspecified atom stereocenters. The van der Waals surface area contributed by atoms with Gasteiger partial charge in [-0.05, 0) is 60.9 Å². The Morgan fingerprint density at radius 3 is 2.18 bits per heavy atom. The van der Waals surface area contributed by atoms with Crippen molar-refractivity contribution in [3.8, 4) is 34.1 Å². The van der Waals surface area contributed by atoms with Crippen LogP contribution >= 0.6 is 0 Å². The number of rotatable bonds is 4. The normalized spacial score (nSPS) is 10.8. The van der Waals surface area contributed by atoms with E-state index in [2.05, 4.69) is 37.3 Å². The molecular formula is C24H21N3O. The molecule has 4 nitrogen and oxygen atoms in total. The Balaban J connectivity index is 2.04. The molecule has 0 N–H and O–H groups in total. The van der Waals surface area contributed by atoms with Gasteiger partial charge >= 0.3 is 0 Å². The number of fused-ring (bicyclic) bond motifs is 1. The molecule has 4 rings (SSSR count). The van der Waals surface area contributed by atoms with Crippen LogP contribution in [0.5, 0.6) is 5.75 Å². The van der Waals surface area contributed by atoms with Crippen molar-refractivity contribution < 1.29 is 4.74 Å². The van der Waals surface area contributed by atoms with E-state index < -0.39 is 0 Å². The van der Waals surface area contributed by atoms with E-state index >= 15 is 0 Å². The third kappa shape index (κ3) is 2.91. The number of benzene rings is 2. The Kier molecular flexibility index (Phi) is 4.58. The summed E-state index contributed by atoms with van der Waals surface area (Å²) in [6, 6.07) is 22.3. The maximum Gasteiger partial charge on any atom is 0.118 e. The quantitative estimate of drug-likeness (QED) is 0.484. The molecule has 138 valence electrons. The monoisotopic (exact) mass is 367 g/mol. The van der Waals surface area contributed by atoms with Crippen LogP contribution in [0.4, 0.5) is 0 Å². The second-order valence-electron chi connectivity index (χ2n) is 6.73. The second kappa shape index (κ2) is 7.21. The number of methoxy groups -OCH3 is 1. The van der Waals surface area contributed by atoms with E-state index in [0.717, 1.165) is 45.6 Å². The molecule has 4 aromatic rings. The molecule has 0 radical (unpaired) electrons. The highest BCUT2D eigenvalue weighted by Gasteiger charge is 2.18. The summed E-state index contributed by atoms with van der Waals surface area (Å²) in [5.74, 6) is 0.825. The van der Waals surface area contributed by atoms with Gasteiger partial charge in [-0.2, -0.15) is 10.4 Å². The van der Waals surface area contributed by atoms with Gasteiger partial charge in [-0.15, -0.1) is 0 Å². The van der Waals surface area contributed by atoms with Gasteiger partial charge in [0.1, 0.15) is 5.75 Å². The average Bonchev–Trinajstić information content (AvgIpc) is 3.15. The fraction of sp³-hybridized carbons (Fsp3) is 0.167. The number of aromatic nitrogens is 2. The molecule has 0 aliphatic carbocycles.